The Morgan fingerprint density at radius 1 is 1.70 bits per heavy atom. The molecular formula is C5H7NO4. The van der Waals surface area contributed by atoms with Crippen LogP contribution in [0.25, 0.3) is 0 Å². The topological polar surface area (TPSA) is 86.6 Å². The minimum atomic E-state index is -1.15. The van der Waals surface area contributed by atoms with Gasteiger partial charge in [0, 0.05) is 6.42 Å². The number of carbonyl (C=O) groups is 2. The molecule has 10 heavy (non-hydrogen) atoms. The summed E-state index contributed by atoms with van der Waals surface area (Å²) in [6, 6.07) is -0.914. The molecule has 0 spiro atoms. The molecule has 5 heteroatoms. The Balaban J connectivity index is 2.57. The van der Waals surface area contributed by atoms with E-state index in [4.69, 9.17) is 10.2 Å². The highest BCUT2D eigenvalue weighted by molar-refractivity contribution is 5.90. The second-order valence-corrected chi connectivity index (χ2v) is 2.15. The Hall–Kier alpha value is -1.10. The van der Waals surface area contributed by atoms with Crippen molar-refractivity contribution in [3.05, 3.63) is 0 Å². The lowest BCUT2D eigenvalue weighted by atomic mass is 10.2. The molecule has 1 aliphatic rings. The van der Waals surface area contributed by atoms with Gasteiger partial charge < -0.3 is 15.5 Å². The van der Waals surface area contributed by atoms with Crippen LogP contribution in [0.5, 0.6) is 0 Å². The fourth-order valence-corrected chi connectivity index (χ4v) is 0.820. The summed E-state index contributed by atoms with van der Waals surface area (Å²) in [6.45, 7) is 0. The molecular weight excluding hydrogens is 138 g/mol. The minimum Gasteiger partial charge on any atom is -0.480 e. The zero-order valence-corrected chi connectivity index (χ0v) is 5.07. The Morgan fingerprint density at radius 3 is 2.50 bits per heavy atom. The van der Waals surface area contributed by atoms with Gasteiger partial charge in [-0.25, -0.2) is 4.79 Å². The summed E-state index contributed by atoms with van der Waals surface area (Å²) >= 11 is 0. The second-order valence-electron chi connectivity index (χ2n) is 2.15. The van der Waals surface area contributed by atoms with Gasteiger partial charge in [-0.3, -0.25) is 4.79 Å². The molecule has 1 rings (SSSR count). The molecule has 0 aliphatic carbocycles. The van der Waals surface area contributed by atoms with Crippen LogP contribution in [0.1, 0.15) is 6.42 Å². The van der Waals surface area contributed by atoms with Gasteiger partial charge in [0.05, 0.1) is 0 Å². The predicted molar refractivity (Wildman–Crippen MR) is 30.2 cm³/mol. The molecule has 0 unspecified atom stereocenters. The van der Waals surface area contributed by atoms with Crippen molar-refractivity contribution in [2.24, 2.45) is 0 Å². The van der Waals surface area contributed by atoms with Crippen LogP contribution in [0.4, 0.5) is 0 Å². The van der Waals surface area contributed by atoms with Gasteiger partial charge in [0.25, 0.3) is 0 Å². The number of aliphatic hydroxyl groups is 1. The van der Waals surface area contributed by atoms with Crippen LogP contribution >= 0.6 is 0 Å². The SMILES string of the molecule is O=C1N[C@@H](C(=O)O)C[C@@H]1O. The van der Waals surface area contributed by atoms with Gasteiger partial charge in [-0.1, -0.05) is 0 Å². The number of aliphatic carboxylic acids is 1. The Bertz CT molecular complexity index is 178. The number of aliphatic hydroxyl groups excluding tert-OH is 1. The number of carboxylic acid groups (broad SMARTS) is 1. The van der Waals surface area contributed by atoms with Crippen LogP contribution in [0.3, 0.4) is 0 Å². The molecule has 2 atom stereocenters. The Morgan fingerprint density at radius 2 is 2.30 bits per heavy atom. The fourth-order valence-electron chi connectivity index (χ4n) is 0.820. The first kappa shape index (κ1) is 7.01. The molecule has 0 radical (unpaired) electrons. The lowest BCUT2D eigenvalue weighted by molar-refractivity contribution is -0.140. The molecule has 3 N–H and O–H groups in total. The molecule has 0 bridgehead atoms. The van der Waals surface area contributed by atoms with Crippen molar-refractivity contribution in [3.63, 3.8) is 0 Å². The maximum absolute atomic E-state index is 10.5. The van der Waals surface area contributed by atoms with E-state index in [1.807, 2.05) is 0 Å². The monoisotopic (exact) mass is 145 g/mol. The van der Waals surface area contributed by atoms with Crippen molar-refractivity contribution in [3.8, 4) is 0 Å². The highest BCUT2D eigenvalue weighted by Gasteiger charge is 2.34. The number of carbonyl (C=O) groups excluding carboxylic acids is 1. The van der Waals surface area contributed by atoms with Gasteiger partial charge in [-0.2, -0.15) is 0 Å². The standard InChI is InChI=1S/C5H7NO4/c7-3-1-2(5(9)10)6-4(3)8/h2-3,7H,1H2,(H,6,8)(H,9,10)/t2-,3+/m1/s1. The number of amides is 1. The second kappa shape index (κ2) is 2.26. The van der Waals surface area contributed by atoms with E-state index in [-0.39, 0.29) is 6.42 Å². The third-order valence-corrected chi connectivity index (χ3v) is 1.38. The van der Waals surface area contributed by atoms with E-state index < -0.39 is 24.0 Å². The molecule has 0 aromatic heterocycles. The predicted octanol–water partition coefficient (Wildman–Crippen LogP) is -1.68. The molecule has 1 aliphatic heterocycles. The Labute approximate surface area is 56.7 Å². The molecule has 5 nitrogen and oxygen atoms in total. The summed E-state index contributed by atoms with van der Waals surface area (Å²) in [5.74, 6) is -1.71. The zero-order chi connectivity index (χ0) is 7.72. The molecule has 1 saturated heterocycles. The normalized spacial score (nSPS) is 31.9. The molecule has 1 fully saturated rings. The molecule has 1 heterocycles. The van der Waals surface area contributed by atoms with E-state index >= 15 is 0 Å². The van der Waals surface area contributed by atoms with Crippen molar-refractivity contribution >= 4 is 11.9 Å². The first-order chi connectivity index (χ1) is 4.61. The lowest BCUT2D eigenvalue weighted by Gasteiger charge is -1.99. The third-order valence-electron chi connectivity index (χ3n) is 1.38. The summed E-state index contributed by atoms with van der Waals surface area (Å²) in [6.07, 6.45) is -1.19. The van der Waals surface area contributed by atoms with Crippen LogP contribution < -0.4 is 5.32 Å². The van der Waals surface area contributed by atoms with Gasteiger partial charge >= 0.3 is 5.97 Å². The van der Waals surface area contributed by atoms with E-state index in [0.717, 1.165) is 0 Å². The Kier molecular flexibility index (Phi) is 1.58. The number of carboxylic acids is 1. The van der Waals surface area contributed by atoms with E-state index in [0.29, 0.717) is 0 Å². The van der Waals surface area contributed by atoms with Gasteiger partial charge in [0.1, 0.15) is 12.1 Å². The zero-order valence-electron chi connectivity index (χ0n) is 5.07. The number of hydrogen-bond acceptors (Lipinski definition) is 3. The highest BCUT2D eigenvalue weighted by Crippen LogP contribution is 2.06. The van der Waals surface area contributed by atoms with E-state index in [2.05, 4.69) is 5.32 Å². The quantitative estimate of drug-likeness (QED) is 0.411. The smallest absolute Gasteiger partial charge is 0.326 e. The average molecular weight is 145 g/mol. The summed E-state index contributed by atoms with van der Waals surface area (Å²) in [5.41, 5.74) is 0. The van der Waals surface area contributed by atoms with Crippen LogP contribution in [-0.4, -0.2) is 34.2 Å². The van der Waals surface area contributed by atoms with Crippen LogP contribution in [-0.2, 0) is 9.59 Å². The summed E-state index contributed by atoms with van der Waals surface area (Å²) in [5, 5.41) is 19.2. The maximum Gasteiger partial charge on any atom is 0.326 e. The van der Waals surface area contributed by atoms with E-state index in [1.54, 1.807) is 0 Å². The van der Waals surface area contributed by atoms with Gasteiger partial charge in [0.2, 0.25) is 5.91 Å². The summed E-state index contributed by atoms with van der Waals surface area (Å²) in [4.78, 5) is 20.6. The minimum absolute atomic E-state index is 0.0336. The maximum atomic E-state index is 10.5. The van der Waals surface area contributed by atoms with E-state index in [1.165, 1.54) is 0 Å². The molecule has 0 saturated carbocycles. The number of rotatable bonds is 1. The largest absolute Gasteiger partial charge is 0.480 e. The van der Waals surface area contributed by atoms with Gasteiger partial charge in [0.15, 0.2) is 0 Å². The van der Waals surface area contributed by atoms with Crippen molar-refractivity contribution in [1.82, 2.24) is 5.32 Å². The lowest BCUT2D eigenvalue weighted by Crippen LogP contribution is -2.33. The van der Waals surface area contributed by atoms with Crippen molar-refractivity contribution < 1.29 is 19.8 Å². The average Bonchev–Trinajstić information content (AvgIpc) is 2.13. The third kappa shape index (κ3) is 1.08. The van der Waals surface area contributed by atoms with Gasteiger partial charge in [-0.05, 0) is 0 Å². The molecule has 56 valence electrons. The van der Waals surface area contributed by atoms with Gasteiger partial charge in [-0.15, -0.1) is 0 Å². The first-order valence-electron chi connectivity index (χ1n) is 2.82. The summed E-state index contributed by atoms with van der Waals surface area (Å²) < 4.78 is 0. The number of hydrogen-bond donors (Lipinski definition) is 3. The van der Waals surface area contributed by atoms with Crippen molar-refractivity contribution in [1.29, 1.82) is 0 Å². The molecule has 0 aromatic rings. The van der Waals surface area contributed by atoms with Crippen molar-refractivity contribution in [2.75, 3.05) is 0 Å². The van der Waals surface area contributed by atoms with Crippen LogP contribution in [0.2, 0.25) is 0 Å². The van der Waals surface area contributed by atoms with E-state index in [9.17, 15) is 9.59 Å². The van der Waals surface area contributed by atoms with Crippen LogP contribution in [0, 0.1) is 0 Å². The fraction of sp³-hybridized carbons (Fsp3) is 0.600. The molecule has 1 amide bonds. The molecule has 0 aromatic carbocycles. The highest BCUT2D eigenvalue weighted by atomic mass is 16.4. The first-order valence-corrected chi connectivity index (χ1v) is 2.82. The number of nitrogens with one attached hydrogen (secondary N) is 1. The van der Waals surface area contributed by atoms with Crippen molar-refractivity contribution in [2.45, 2.75) is 18.6 Å². The summed E-state index contributed by atoms with van der Waals surface area (Å²) in [7, 11) is 0. The van der Waals surface area contributed by atoms with Crippen LogP contribution in [0.15, 0.2) is 0 Å².